The zero-order valence-electron chi connectivity index (χ0n) is 17.6. The fraction of sp³-hybridized carbons (Fsp3) is 0.174. The highest BCUT2D eigenvalue weighted by Crippen LogP contribution is 2.27. The van der Waals surface area contributed by atoms with Crippen LogP contribution in [0, 0.1) is 13.8 Å². The number of benzene rings is 2. The Hall–Kier alpha value is -3.85. The van der Waals surface area contributed by atoms with Gasteiger partial charge < -0.3 is 5.32 Å². The third-order valence-electron chi connectivity index (χ3n) is 5.31. The van der Waals surface area contributed by atoms with E-state index in [1.54, 1.807) is 11.6 Å². The van der Waals surface area contributed by atoms with Gasteiger partial charge in [0.25, 0.3) is 5.56 Å². The van der Waals surface area contributed by atoms with E-state index in [0.29, 0.717) is 22.0 Å². The number of nitrogens with zero attached hydrogens (tertiary/aromatic N) is 5. The van der Waals surface area contributed by atoms with Gasteiger partial charge in [-0.3, -0.25) is 14.2 Å². The first-order valence-corrected chi connectivity index (χ1v) is 11.0. The maximum absolute atomic E-state index is 13.0. The molecule has 0 aliphatic rings. The third kappa shape index (κ3) is 3.56. The van der Waals surface area contributed by atoms with Gasteiger partial charge >= 0.3 is 0 Å². The van der Waals surface area contributed by atoms with Gasteiger partial charge in [0.15, 0.2) is 10.8 Å². The van der Waals surface area contributed by atoms with Crippen LogP contribution in [0.3, 0.4) is 0 Å². The monoisotopic (exact) mass is 444 g/mol. The second kappa shape index (κ2) is 8.01. The minimum atomic E-state index is -0.210. The molecular weight excluding hydrogens is 424 g/mol. The summed E-state index contributed by atoms with van der Waals surface area (Å²) in [5.74, 6) is 0.330. The van der Waals surface area contributed by atoms with Crippen molar-refractivity contribution >= 4 is 43.6 Å². The first kappa shape index (κ1) is 20.1. The molecule has 0 atom stereocenters. The highest BCUT2D eigenvalue weighted by atomic mass is 32.1. The summed E-state index contributed by atoms with van der Waals surface area (Å²) in [6, 6.07) is 15.5. The van der Waals surface area contributed by atoms with Crippen LogP contribution in [0.2, 0.25) is 0 Å². The summed E-state index contributed by atoms with van der Waals surface area (Å²) in [6.45, 7) is 3.98. The average Bonchev–Trinajstić information content (AvgIpc) is 3.39. The molecule has 2 aromatic carbocycles. The fourth-order valence-electron chi connectivity index (χ4n) is 3.66. The Bertz CT molecular complexity index is 1520. The molecule has 5 aromatic rings. The molecule has 0 aliphatic heterocycles. The Morgan fingerprint density at radius 2 is 1.88 bits per heavy atom. The second-order valence-corrected chi connectivity index (χ2v) is 8.51. The summed E-state index contributed by atoms with van der Waals surface area (Å²) in [7, 11) is 0. The van der Waals surface area contributed by atoms with Crippen molar-refractivity contribution in [3.05, 3.63) is 76.5 Å². The summed E-state index contributed by atoms with van der Waals surface area (Å²) in [6.07, 6.45) is 1.66. The van der Waals surface area contributed by atoms with Crippen molar-refractivity contribution in [1.82, 2.24) is 24.3 Å². The molecule has 1 amide bonds. The Balaban J connectivity index is 1.36. The smallest absolute Gasteiger partial charge is 0.264 e. The molecule has 1 N–H and O–H groups in total. The first-order valence-electron chi connectivity index (χ1n) is 10.2. The number of fused-ring (bicyclic) bond motifs is 2. The van der Waals surface area contributed by atoms with Crippen molar-refractivity contribution in [2.24, 2.45) is 0 Å². The zero-order chi connectivity index (χ0) is 22.2. The van der Waals surface area contributed by atoms with Gasteiger partial charge in [-0.05, 0) is 37.6 Å². The van der Waals surface area contributed by atoms with Gasteiger partial charge in [0.1, 0.15) is 11.2 Å². The van der Waals surface area contributed by atoms with E-state index in [2.05, 4.69) is 20.4 Å². The van der Waals surface area contributed by atoms with E-state index < -0.39 is 0 Å². The highest BCUT2D eigenvalue weighted by molar-refractivity contribution is 7.22. The van der Waals surface area contributed by atoms with Crippen LogP contribution in [-0.2, 0) is 11.3 Å². The molecule has 160 valence electrons. The minimum Gasteiger partial charge on any atom is -0.302 e. The number of aromatic nitrogens is 5. The van der Waals surface area contributed by atoms with E-state index in [1.165, 1.54) is 22.1 Å². The largest absolute Gasteiger partial charge is 0.302 e. The van der Waals surface area contributed by atoms with Gasteiger partial charge in [-0.15, -0.1) is 0 Å². The predicted molar refractivity (Wildman–Crippen MR) is 125 cm³/mol. The Morgan fingerprint density at radius 3 is 2.66 bits per heavy atom. The number of aryl methyl sites for hydroxylation is 2. The van der Waals surface area contributed by atoms with E-state index in [0.717, 1.165) is 21.5 Å². The second-order valence-electron chi connectivity index (χ2n) is 7.48. The predicted octanol–water partition coefficient (Wildman–Crippen LogP) is 3.84. The average molecular weight is 445 g/mol. The Morgan fingerprint density at radius 1 is 1.06 bits per heavy atom. The van der Waals surface area contributed by atoms with E-state index in [1.807, 2.05) is 55.5 Å². The van der Waals surface area contributed by atoms with Crippen molar-refractivity contribution in [3.8, 4) is 5.69 Å². The van der Waals surface area contributed by atoms with E-state index in [9.17, 15) is 9.59 Å². The molecule has 0 bridgehead atoms. The van der Waals surface area contributed by atoms with Crippen LogP contribution in [0.5, 0.6) is 0 Å². The number of para-hydroxylation sites is 2. The molecule has 5 rings (SSSR count). The van der Waals surface area contributed by atoms with Gasteiger partial charge in [-0.25, -0.2) is 14.6 Å². The summed E-state index contributed by atoms with van der Waals surface area (Å²) >= 11 is 1.44. The molecule has 32 heavy (non-hydrogen) atoms. The lowest BCUT2D eigenvalue weighted by atomic mass is 10.2. The standard InChI is InChI=1S/C23H20N6O2S/c1-14-7-6-10-18-20(14)27-23(32-18)26-19(30)11-12-28-15(2)25-21-17(22(28)31)13-24-29(21)16-8-4-3-5-9-16/h3-10,13H,11-12H2,1-2H3,(H,26,27,30). The number of thiazole rings is 1. The van der Waals surface area contributed by atoms with Crippen LogP contribution < -0.4 is 10.9 Å². The number of anilines is 1. The summed E-state index contributed by atoms with van der Waals surface area (Å²) in [5, 5.41) is 8.16. The number of hydrogen-bond donors (Lipinski definition) is 1. The van der Waals surface area contributed by atoms with Gasteiger partial charge in [0.05, 0.1) is 22.1 Å². The van der Waals surface area contributed by atoms with Crippen LogP contribution in [0.25, 0.3) is 26.9 Å². The van der Waals surface area contributed by atoms with Gasteiger partial charge in [-0.2, -0.15) is 5.10 Å². The Kier molecular flexibility index (Phi) is 5.02. The van der Waals surface area contributed by atoms with Crippen molar-refractivity contribution < 1.29 is 4.79 Å². The summed E-state index contributed by atoms with van der Waals surface area (Å²) in [4.78, 5) is 34.7. The van der Waals surface area contributed by atoms with Crippen molar-refractivity contribution in [2.45, 2.75) is 26.8 Å². The molecule has 0 radical (unpaired) electrons. The molecule has 0 saturated heterocycles. The fourth-order valence-corrected chi connectivity index (χ4v) is 4.62. The highest BCUT2D eigenvalue weighted by Gasteiger charge is 2.15. The number of hydrogen-bond acceptors (Lipinski definition) is 6. The van der Waals surface area contributed by atoms with Crippen LogP contribution in [0.15, 0.2) is 59.5 Å². The maximum atomic E-state index is 13.0. The number of rotatable bonds is 5. The molecule has 0 fully saturated rings. The summed E-state index contributed by atoms with van der Waals surface area (Å²) in [5.41, 5.74) is 3.08. The molecule has 0 saturated carbocycles. The molecule has 0 unspecified atom stereocenters. The SMILES string of the molecule is Cc1cccc2sc(NC(=O)CCn3c(C)nc4c(cnn4-c4ccccc4)c3=O)nc12. The topological polar surface area (TPSA) is 94.7 Å². The number of amides is 1. The number of carbonyl (C=O) groups excluding carboxylic acids is 1. The first-order chi connectivity index (χ1) is 15.5. The molecule has 9 heteroatoms. The molecule has 3 heterocycles. The molecule has 8 nitrogen and oxygen atoms in total. The third-order valence-corrected chi connectivity index (χ3v) is 6.24. The summed E-state index contributed by atoms with van der Waals surface area (Å²) < 4.78 is 4.19. The lowest BCUT2D eigenvalue weighted by Gasteiger charge is -2.10. The molecular formula is C23H20N6O2S. The lowest BCUT2D eigenvalue weighted by molar-refractivity contribution is -0.116. The van der Waals surface area contributed by atoms with Crippen molar-refractivity contribution in [1.29, 1.82) is 0 Å². The van der Waals surface area contributed by atoms with Crippen LogP contribution >= 0.6 is 11.3 Å². The van der Waals surface area contributed by atoms with Crippen LogP contribution in [0.4, 0.5) is 5.13 Å². The molecule has 3 aromatic heterocycles. The van der Waals surface area contributed by atoms with Crippen molar-refractivity contribution in [2.75, 3.05) is 5.32 Å². The number of nitrogens with one attached hydrogen (secondary N) is 1. The number of carbonyl (C=O) groups is 1. The van der Waals surface area contributed by atoms with E-state index in [-0.39, 0.29) is 24.4 Å². The lowest BCUT2D eigenvalue weighted by Crippen LogP contribution is -2.26. The van der Waals surface area contributed by atoms with Crippen LogP contribution in [0.1, 0.15) is 17.8 Å². The van der Waals surface area contributed by atoms with Gasteiger partial charge in [0, 0.05) is 13.0 Å². The van der Waals surface area contributed by atoms with E-state index in [4.69, 9.17) is 0 Å². The van der Waals surface area contributed by atoms with Crippen LogP contribution in [-0.4, -0.2) is 30.2 Å². The zero-order valence-corrected chi connectivity index (χ0v) is 18.4. The minimum absolute atomic E-state index is 0.135. The van der Waals surface area contributed by atoms with E-state index >= 15 is 0 Å². The molecule has 0 spiro atoms. The Labute approximate surface area is 187 Å². The quantitative estimate of drug-likeness (QED) is 0.444. The van der Waals surface area contributed by atoms with Gasteiger partial charge in [-0.1, -0.05) is 41.7 Å². The maximum Gasteiger partial charge on any atom is 0.264 e. The normalized spacial score (nSPS) is 11.3. The van der Waals surface area contributed by atoms with Gasteiger partial charge in [0.2, 0.25) is 5.91 Å². The van der Waals surface area contributed by atoms with Crippen molar-refractivity contribution in [3.63, 3.8) is 0 Å². The molecule has 0 aliphatic carbocycles.